The number of imidazole rings is 1. The van der Waals surface area contributed by atoms with Crippen LogP contribution in [0.2, 0.25) is 5.02 Å². The molecule has 0 fully saturated rings. The van der Waals surface area contributed by atoms with E-state index in [1.165, 1.54) is 0 Å². The normalized spacial score (nSPS) is 12.3. The Morgan fingerprint density at radius 1 is 1.18 bits per heavy atom. The van der Waals surface area contributed by atoms with Crippen LogP contribution in [0.25, 0.3) is 0 Å². The summed E-state index contributed by atoms with van der Waals surface area (Å²) in [6.45, 7) is 2.66. The van der Waals surface area contributed by atoms with Gasteiger partial charge in [-0.25, -0.2) is 4.98 Å². The third-order valence-electron chi connectivity index (χ3n) is 3.62. The summed E-state index contributed by atoms with van der Waals surface area (Å²) in [6, 6.07) is 15.5. The molecule has 0 spiro atoms. The first kappa shape index (κ1) is 14.8. The monoisotopic (exact) mass is 312 g/mol. The molecule has 1 atom stereocenters. The van der Waals surface area contributed by atoms with Crippen molar-refractivity contribution in [2.45, 2.75) is 19.6 Å². The fourth-order valence-corrected chi connectivity index (χ4v) is 2.60. The minimum atomic E-state index is -0.734. The standard InChI is InChI=1S/C18H17ClN2O/c1-13-3-2-4-15(11-13)17(22)18-20-9-10-21(18)12-14-5-7-16(19)8-6-14/h2-11,17,22H,12H2,1H3. The highest BCUT2D eigenvalue weighted by Crippen LogP contribution is 2.22. The van der Waals surface area contributed by atoms with Crippen LogP contribution in [-0.2, 0) is 6.54 Å². The molecule has 0 bridgehead atoms. The molecule has 4 heteroatoms. The van der Waals surface area contributed by atoms with E-state index in [2.05, 4.69) is 4.98 Å². The highest BCUT2D eigenvalue weighted by Gasteiger charge is 2.16. The van der Waals surface area contributed by atoms with Crippen LogP contribution in [0.4, 0.5) is 0 Å². The van der Waals surface area contributed by atoms with Crippen LogP contribution in [0.5, 0.6) is 0 Å². The molecule has 1 heterocycles. The van der Waals surface area contributed by atoms with Crippen LogP contribution in [0, 0.1) is 6.92 Å². The van der Waals surface area contributed by atoms with Gasteiger partial charge in [0.1, 0.15) is 11.9 Å². The average molecular weight is 313 g/mol. The van der Waals surface area contributed by atoms with Gasteiger partial charge in [0, 0.05) is 24.0 Å². The molecule has 0 saturated heterocycles. The van der Waals surface area contributed by atoms with Crippen molar-refractivity contribution in [1.29, 1.82) is 0 Å². The zero-order valence-corrected chi connectivity index (χ0v) is 13.0. The maximum Gasteiger partial charge on any atom is 0.142 e. The topological polar surface area (TPSA) is 38.1 Å². The van der Waals surface area contributed by atoms with Gasteiger partial charge >= 0.3 is 0 Å². The fourth-order valence-electron chi connectivity index (χ4n) is 2.48. The molecule has 0 aliphatic heterocycles. The Hall–Kier alpha value is -2.10. The molecule has 3 nitrogen and oxygen atoms in total. The second-order valence-electron chi connectivity index (χ2n) is 5.36. The smallest absolute Gasteiger partial charge is 0.142 e. The van der Waals surface area contributed by atoms with Crippen molar-refractivity contribution in [2.75, 3.05) is 0 Å². The van der Waals surface area contributed by atoms with Crippen molar-refractivity contribution < 1.29 is 5.11 Å². The SMILES string of the molecule is Cc1cccc(C(O)c2nccn2Cc2ccc(Cl)cc2)c1. The highest BCUT2D eigenvalue weighted by atomic mass is 35.5. The number of hydrogen-bond donors (Lipinski definition) is 1. The van der Waals surface area contributed by atoms with Gasteiger partial charge in [0.25, 0.3) is 0 Å². The number of aliphatic hydroxyl groups is 1. The molecule has 0 amide bonds. The van der Waals surface area contributed by atoms with Crippen molar-refractivity contribution in [3.8, 4) is 0 Å². The molecule has 2 aromatic carbocycles. The molecular formula is C18H17ClN2O. The molecular weight excluding hydrogens is 296 g/mol. The van der Waals surface area contributed by atoms with E-state index in [9.17, 15) is 5.11 Å². The van der Waals surface area contributed by atoms with Gasteiger partial charge in [0.2, 0.25) is 0 Å². The van der Waals surface area contributed by atoms with Crippen LogP contribution in [0.3, 0.4) is 0 Å². The van der Waals surface area contributed by atoms with Crippen molar-refractivity contribution in [3.05, 3.63) is 88.5 Å². The molecule has 0 radical (unpaired) electrons. The van der Waals surface area contributed by atoms with Gasteiger partial charge in [0.15, 0.2) is 0 Å². The lowest BCUT2D eigenvalue weighted by Crippen LogP contribution is -2.10. The number of aromatic nitrogens is 2. The number of rotatable bonds is 4. The van der Waals surface area contributed by atoms with E-state index >= 15 is 0 Å². The second kappa shape index (κ2) is 6.34. The Balaban J connectivity index is 1.86. The summed E-state index contributed by atoms with van der Waals surface area (Å²) in [4.78, 5) is 4.32. The molecule has 0 aliphatic rings. The molecule has 112 valence electrons. The summed E-state index contributed by atoms with van der Waals surface area (Å²) in [7, 11) is 0. The molecule has 1 unspecified atom stereocenters. The third kappa shape index (κ3) is 3.21. The number of hydrogen-bond acceptors (Lipinski definition) is 2. The Labute approximate surface area is 134 Å². The van der Waals surface area contributed by atoms with Crippen LogP contribution >= 0.6 is 11.6 Å². The first-order valence-corrected chi connectivity index (χ1v) is 7.51. The van der Waals surface area contributed by atoms with Gasteiger partial charge in [-0.2, -0.15) is 0 Å². The molecule has 1 aromatic heterocycles. The number of nitrogens with zero attached hydrogens (tertiary/aromatic N) is 2. The summed E-state index contributed by atoms with van der Waals surface area (Å²) in [5, 5.41) is 11.3. The molecule has 3 rings (SSSR count). The van der Waals surface area contributed by atoms with Gasteiger partial charge in [-0.1, -0.05) is 53.6 Å². The van der Waals surface area contributed by atoms with Crippen LogP contribution in [0.1, 0.15) is 28.6 Å². The van der Waals surface area contributed by atoms with E-state index in [0.717, 1.165) is 21.7 Å². The largest absolute Gasteiger partial charge is 0.380 e. The van der Waals surface area contributed by atoms with Gasteiger partial charge in [0.05, 0.1) is 0 Å². The first-order chi connectivity index (χ1) is 10.6. The van der Waals surface area contributed by atoms with Crippen molar-refractivity contribution in [1.82, 2.24) is 9.55 Å². The van der Waals surface area contributed by atoms with Crippen LogP contribution in [-0.4, -0.2) is 14.7 Å². The molecule has 1 N–H and O–H groups in total. The predicted molar refractivity (Wildman–Crippen MR) is 88.0 cm³/mol. The van der Waals surface area contributed by atoms with E-state index in [1.54, 1.807) is 6.20 Å². The quantitative estimate of drug-likeness (QED) is 0.791. The second-order valence-corrected chi connectivity index (χ2v) is 5.79. The van der Waals surface area contributed by atoms with Gasteiger partial charge in [-0.15, -0.1) is 0 Å². The first-order valence-electron chi connectivity index (χ1n) is 7.13. The lowest BCUT2D eigenvalue weighted by Gasteiger charge is -2.14. The maximum atomic E-state index is 10.6. The number of aryl methyl sites for hydroxylation is 1. The molecule has 3 aromatic rings. The lowest BCUT2D eigenvalue weighted by molar-refractivity contribution is 0.205. The minimum absolute atomic E-state index is 0.639. The fraction of sp³-hybridized carbons (Fsp3) is 0.167. The van der Waals surface area contributed by atoms with E-state index in [1.807, 2.05) is 66.2 Å². The summed E-state index contributed by atoms with van der Waals surface area (Å²) in [6.07, 6.45) is 2.86. The van der Waals surface area contributed by atoms with Gasteiger partial charge < -0.3 is 9.67 Å². The Kier molecular flexibility index (Phi) is 4.27. The van der Waals surface area contributed by atoms with E-state index in [0.29, 0.717) is 12.4 Å². The zero-order chi connectivity index (χ0) is 15.5. The van der Waals surface area contributed by atoms with Gasteiger partial charge in [-0.3, -0.25) is 0 Å². The van der Waals surface area contributed by atoms with E-state index in [4.69, 9.17) is 11.6 Å². The molecule has 0 saturated carbocycles. The van der Waals surface area contributed by atoms with Crippen LogP contribution < -0.4 is 0 Å². The third-order valence-corrected chi connectivity index (χ3v) is 3.87. The molecule has 0 aliphatic carbocycles. The number of aliphatic hydroxyl groups excluding tert-OH is 1. The van der Waals surface area contributed by atoms with Crippen molar-refractivity contribution >= 4 is 11.6 Å². The Bertz CT molecular complexity index is 765. The lowest BCUT2D eigenvalue weighted by atomic mass is 10.1. The van der Waals surface area contributed by atoms with Crippen molar-refractivity contribution in [3.63, 3.8) is 0 Å². The average Bonchev–Trinajstić information content (AvgIpc) is 2.97. The van der Waals surface area contributed by atoms with E-state index < -0.39 is 6.10 Å². The number of halogens is 1. The highest BCUT2D eigenvalue weighted by molar-refractivity contribution is 6.30. The Morgan fingerprint density at radius 2 is 1.95 bits per heavy atom. The maximum absolute atomic E-state index is 10.6. The summed E-state index contributed by atoms with van der Waals surface area (Å²) < 4.78 is 1.95. The predicted octanol–water partition coefficient (Wildman–Crippen LogP) is 3.97. The summed E-state index contributed by atoms with van der Waals surface area (Å²) in [5.74, 6) is 0.639. The minimum Gasteiger partial charge on any atom is -0.380 e. The van der Waals surface area contributed by atoms with Gasteiger partial charge in [-0.05, 0) is 30.2 Å². The summed E-state index contributed by atoms with van der Waals surface area (Å²) in [5.41, 5.74) is 3.08. The summed E-state index contributed by atoms with van der Waals surface area (Å²) >= 11 is 5.91. The Morgan fingerprint density at radius 3 is 2.68 bits per heavy atom. The number of benzene rings is 2. The zero-order valence-electron chi connectivity index (χ0n) is 12.3. The van der Waals surface area contributed by atoms with Crippen LogP contribution in [0.15, 0.2) is 60.9 Å². The van der Waals surface area contributed by atoms with Crippen molar-refractivity contribution in [2.24, 2.45) is 0 Å². The van der Waals surface area contributed by atoms with E-state index in [-0.39, 0.29) is 0 Å². The molecule has 22 heavy (non-hydrogen) atoms.